The average Bonchev–Trinajstić information content (AvgIpc) is 2.62. The van der Waals surface area contributed by atoms with Gasteiger partial charge >= 0.3 is 0 Å². The summed E-state index contributed by atoms with van der Waals surface area (Å²) < 4.78 is 0. The average molecular weight is 343 g/mol. The largest absolute Gasteiger partial charge is 0.354 e. The number of piperazine rings is 1. The summed E-state index contributed by atoms with van der Waals surface area (Å²) in [5.41, 5.74) is 0. The fraction of sp³-hybridized carbons (Fsp3) is 0.684. The van der Waals surface area contributed by atoms with Crippen LogP contribution in [0.1, 0.15) is 12.8 Å². The van der Waals surface area contributed by atoms with Gasteiger partial charge in [0.05, 0.1) is 5.92 Å². The smallest absolute Gasteiger partial charge is 0.228 e. The highest BCUT2D eigenvalue weighted by Gasteiger charge is 2.32. The van der Waals surface area contributed by atoms with Crippen LogP contribution in [0.2, 0.25) is 0 Å². The van der Waals surface area contributed by atoms with Gasteiger partial charge in [0, 0.05) is 65.1 Å². The van der Waals surface area contributed by atoms with E-state index in [1.807, 2.05) is 12.3 Å². The van der Waals surface area contributed by atoms with Crippen molar-refractivity contribution in [1.29, 1.82) is 0 Å². The number of hydrogen-bond acceptors (Lipinski definition) is 5. The molecule has 1 N–H and O–H groups in total. The van der Waals surface area contributed by atoms with Gasteiger partial charge in [-0.1, -0.05) is 6.07 Å². The number of nitrogens with one attached hydrogen (secondary N) is 1. The van der Waals surface area contributed by atoms with Crippen LogP contribution in [-0.4, -0.2) is 79.6 Å². The first-order chi connectivity index (χ1) is 12.3. The third kappa shape index (κ3) is 3.96. The molecule has 4 rings (SSSR count). The first-order valence-corrected chi connectivity index (χ1v) is 9.67. The van der Waals surface area contributed by atoms with Crippen molar-refractivity contribution in [3.63, 3.8) is 0 Å². The Hall–Kier alpha value is -1.66. The van der Waals surface area contributed by atoms with Gasteiger partial charge in [-0.25, -0.2) is 4.98 Å². The number of hydrogen-bond donors (Lipinski definition) is 1. The zero-order chi connectivity index (χ0) is 17.1. The van der Waals surface area contributed by atoms with Gasteiger partial charge in [-0.3, -0.25) is 9.69 Å². The zero-order valence-corrected chi connectivity index (χ0v) is 14.9. The SMILES string of the molecule is O=C(C1CNC1)N1CCCC(CN2CCN(c3ccccn3)CC2)C1. The molecule has 0 saturated carbocycles. The van der Waals surface area contributed by atoms with Gasteiger partial charge in [0.25, 0.3) is 0 Å². The molecule has 1 aromatic heterocycles. The third-order valence-corrected chi connectivity index (χ3v) is 5.82. The second-order valence-electron chi connectivity index (χ2n) is 7.62. The van der Waals surface area contributed by atoms with Crippen molar-refractivity contribution in [1.82, 2.24) is 20.1 Å². The van der Waals surface area contributed by atoms with Crippen molar-refractivity contribution in [2.45, 2.75) is 12.8 Å². The first-order valence-electron chi connectivity index (χ1n) is 9.67. The monoisotopic (exact) mass is 343 g/mol. The fourth-order valence-corrected chi connectivity index (χ4v) is 4.20. The second-order valence-corrected chi connectivity index (χ2v) is 7.62. The van der Waals surface area contributed by atoms with Crippen LogP contribution in [0.4, 0.5) is 5.82 Å². The summed E-state index contributed by atoms with van der Waals surface area (Å²) in [5.74, 6) is 2.34. The molecule has 1 atom stereocenters. The number of anilines is 1. The van der Waals surface area contributed by atoms with E-state index in [1.165, 1.54) is 6.42 Å². The Balaban J connectivity index is 1.24. The van der Waals surface area contributed by atoms with Crippen molar-refractivity contribution in [2.24, 2.45) is 11.8 Å². The van der Waals surface area contributed by atoms with Crippen LogP contribution in [0.5, 0.6) is 0 Å². The van der Waals surface area contributed by atoms with E-state index < -0.39 is 0 Å². The summed E-state index contributed by atoms with van der Waals surface area (Å²) in [6.07, 6.45) is 4.28. The Bertz CT molecular complexity index is 568. The van der Waals surface area contributed by atoms with Crippen molar-refractivity contribution in [3.05, 3.63) is 24.4 Å². The van der Waals surface area contributed by atoms with Crippen molar-refractivity contribution < 1.29 is 4.79 Å². The quantitative estimate of drug-likeness (QED) is 0.871. The maximum absolute atomic E-state index is 12.5. The van der Waals surface area contributed by atoms with Crippen LogP contribution in [-0.2, 0) is 4.79 Å². The van der Waals surface area contributed by atoms with E-state index in [0.717, 1.165) is 71.1 Å². The maximum atomic E-state index is 12.5. The summed E-state index contributed by atoms with van der Waals surface area (Å²) >= 11 is 0. The lowest BCUT2D eigenvalue weighted by atomic mass is 9.94. The Morgan fingerprint density at radius 1 is 1.16 bits per heavy atom. The molecule has 3 aliphatic heterocycles. The summed E-state index contributed by atoms with van der Waals surface area (Å²) in [4.78, 5) is 24.0. The number of amides is 1. The molecule has 0 bridgehead atoms. The topological polar surface area (TPSA) is 51.7 Å². The lowest BCUT2D eigenvalue weighted by Crippen LogP contribution is -2.55. The molecule has 0 spiro atoms. The molecule has 0 aromatic carbocycles. The Kier molecular flexibility index (Phi) is 5.17. The molecular weight excluding hydrogens is 314 g/mol. The number of pyridine rings is 1. The fourth-order valence-electron chi connectivity index (χ4n) is 4.20. The molecule has 4 heterocycles. The third-order valence-electron chi connectivity index (χ3n) is 5.82. The number of likely N-dealkylation sites (tertiary alicyclic amines) is 1. The molecule has 1 unspecified atom stereocenters. The van der Waals surface area contributed by atoms with Gasteiger partial charge in [-0.05, 0) is 30.9 Å². The van der Waals surface area contributed by atoms with Crippen LogP contribution in [0.25, 0.3) is 0 Å². The summed E-state index contributed by atoms with van der Waals surface area (Å²) in [5, 5.41) is 3.21. The highest BCUT2D eigenvalue weighted by molar-refractivity contribution is 5.80. The predicted octanol–water partition coefficient (Wildman–Crippen LogP) is 0.662. The van der Waals surface area contributed by atoms with E-state index in [1.54, 1.807) is 0 Å². The predicted molar refractivity (Wildman–Crippen MR) is 98.6 cm³/mol. The normalized spacial score (nSPS) is 25.7. The number of carbonyl (C=O) groups is 1. The minimum atomic E-state index is 0.237. The minimum Gasteiger partial charge on any atom is -0.354 e. The molecule has 3 aliphatic rings. The number of nitrogens with zero attached hydrogens (tertiary/aromatic N) is 4. The molecule has 3 saturated heterocycles. The van der Waals surface area contributed by atoms with E-state index in [9.17, 15) is 4.79 Å². The number of aromatic nitrogens is 1. The molecular formula is C19H29N5O. The van der Waals surface area contributed by atoms with E-state index in [-0.39, 0.29) is 5.92 Å². The Labute approximate surface area is 150 Å². The van der Waals surface area contributed by atoms with Gasteiger partial charge in [0.15, 0.2) is 0 Å². The maximum Gasteiger partial charge on any atom is 0.228 e. The molecule has 1 amide bonds. The Morgan fingerprint density at radius 3 is 2.68 bits per heavy atom. The molecule has 6 nitrogen and oxygen atoms in total. The number of rotatable bonds is 4. The highest BCUT2D eigenvalue weighted by Crippen LogP contribution is 2.21. The minimum absolute atomic E-state index is 0.237. The van der Waals surface area contributed by atoms with E-state index in [0.29, 0.717) is 11.8 Å². The first kappa shape index (κ1) is 16.8. The van der Waals surface area contributed by atoms with Crippen LogP contribution in [0.15, 0.2) is 24.4 Å². The van der Waals surface area contributed by atoms with Gasteiger partial charge in [-0.15, -0.1) is 0 Å². The van der Waals surface area contributed by atoms with Gasteiger partial charge < -0.3 is 15.1 Å². The van der Waals surface area contributed by atoms with E-state index in [2.05, 4.69) is 37.1 Å². The lowest BCUT2D eigenvalue weighted by molar-refractivity contribution is -0.139. The standard InChI is InChI=1S/C19H29N5O/c25-19(17-12-20-13-17)24-7-3-4-16(15-24)14-22-8-10-23(11-9-22)18-5-1-2-6-21-18/h1-2,5-6,16-17,20H,3-4,7-15H2. The summed E-state index contributed by atoms with van der Waals surface area (Å²) in [7, 11) is 0. The number of carbonyl (C=O) groups excluding carboxylic acids is 1. The summed E-state index contributed by atoms with van der Waals surface area (Å²) in [6, 6.07) is 6.12. The molecule has 0 aliphatic carbocycles. The molecule has 3 fully saturated rings. The molecule has 0 radical (unpaired) electrons. The van der Waals surface area contributed by atoms with Crippen LogP contribution < -0.4 is 10.2 Å². The molecule has 25 heavy (non-hydrogen) atoms. The van der Waals surface area contributed by atoms with Crippen LogP contribution >= 0.6 is 0 Å². The van der Waals surface area contributed by atoms with Crippen molar-refractivity contribution in [2.75, 3.05) is 63.8 Å². The van der Waals surface area contributed by atoms with E-state index in [4.69, 9.17) is 0 Å². The Morgan fingerprint density at radius 2 is 2.00 bits per heavy atom. The van der Waals surface area contributed by atoms with Crippen molar-refractivity contribution in [3.8, 4) is 0 Å². The summed E-state index contributed by atoms with van der Waals surface area (Å²) in [6.45, 7) is 9.05. The van der Waals surface area contributed by atoms with Crippen molar-refractivity contribution >= 4 is 11.7 Å². The van der Waals surface area contributed by atoms with Crippen LogP contribution in [0.3, 0.4) is 0 Å². The molecule has 1 aromatic rings. The highest BCUT2D eigenvalue weighted by atomic mass is 16.2. The number of piperidine rings is 1. The van der Waals surface area contributed by atoms with Gasteiger partial charge in [-0.2, -0.15) is 0 Å². The van der Waals surface area contributed by atoms with Crippen LogP contribution in [0, 0.1) is 11.8 Å². The van der Waals surface area contributed by atoms with Gasteiger partial charge in [0.1, 0.15) is 5.82 Å². The molecule has 6 heteroatoms. The van der Waals surface area contributed by atoms with E-state index >= 15 is 0 Å². The zero-order valence-electron chi connectivity index (χ0n) is 14.9. The second kappa shape index (κ2) is 7.70. The molecule has 136 valence electrons. The lowest BCUT2D eigenvalue weighted by Gasteiger charge is -2.41. The van der Waals surface area contributed by atoms with Gasteiger partial charge in [0.2, 0.25) is 5.91 Å².